The number of rotatable bonds is 4. The maximum atomic E-state index is 5.50. The van der Waals surface area contributed by atoms with Crippen LogP contribution < -0.4 is 4.74 Å². The Balaban J connectivity index is 1.83. The number of likely N-dealkylation sites (N-methyl/N-ethyl adjacent to an activating group) is 1. The number of methoxy groups -OCH3 is 1. The molecule has 2 aromatic carbocycles. The molecule has 0 amide bonds. The summed E-state index contributed by atoms with van der Waals surface area (Å²) in [4.78, 5) is 2.32. The quantitative estimate of drug-likeness (QED) is 0.819. The van der Waals surface area contributed by atoms with Gasteiger partial charge in [-0.1, -0.05) is 24.3 Å². The average Bonchev–Trinajstić information content (AvgIpc) is 3.14. The summed E-state index contributed by atoms with van der Waals surface area (Å²) in [7, 11) is 6.11. The second kappa shape index (κ2) is 5.68. The first-order valence-corrected chi connectivity index (χ1v) is 8.62. The van der Waals surface area contributed by atoms with Gasteiger partial charge in [-0.25, -0.2) is 0 Å². The molecule has 1 fully saturated rings. The summed E-state index contributed by atoms with van der Waals surface area (Å²) in [5.74, 6) is 2.56. The van der Waals surface area contributed by atoms with E-state index in [4.69, 9.17) is 4.74 Å². The van der Waals surface area contributed by atoms with Crippen molar-refractivity contribution in [2.24, 2.45) is 11.8 Å². The third-order valence-corrected chi connectivity index (χ3v) is 5.54. The highest BCUT2D eigenvalue weighted by Gasteiger charge is 2.39. The van der Waals surface area contributed by atoms with Crippen LogP contribution in [0.3, 0.4) is 0 Å². The highest BCUT2D eigenvalue weighted by Crippen LogP contribution is 2.52. The molecule has 4 rings (SSSR count). The number of ether oxygens (including phenoxy) is 1. The predicted molar refractivity (Wildman–Crippen MR) is 96.8 cm³/mol. The summed E-state index contributed by atoms with van der Waals surface area (Å²) in [6, 6.07) is 13.2. The lowest BCUT2D eigenvalue weighted by molar-refractivity contribution is 0.420. The molecule has 0 aromatic heterocycles. The molecule has 0 aliphatic heterocycles. The van der Waals surface area contributed by atoms with Gasteiger partial charge in [-0.15, -0.1) is 0 Å². The fourth-order valence-electron chi connectivity index (χ4n) is 4.62. The molecule has 2 aliphatic carbocycles. The van der Waals surface area contributed by atoms with Crippen LogP contribution in [0.25, 0.3) is 16.3 Å². The summed E-state index contributed by atoms with van der Waals surface area (Å²) in [5, 5.41) is 2.48. The van der Waals surface area contributed by atoms with Crippen molar-refractivity contribution in [2.75, 3.05) is 27.7 Å². The lowest BCUT2D eigenvalue weighted by Gasteiger charge is -2.23. The van der Waals surface area contributed by atoms with Crippen LogP contribution in [0.4, 0.5) is 0 Å². The molecule has 0 N–H and O–H groups in total. The molecule has 0 radical (unpaired) electrons. The minimum absolute atomic E-state index is 0.776. The minimum Gasteiger partial charge on any atom is -0.496 e. The van der Waals surface area contributed by atoms with E-state index in [1.165, 1.54) is 35.6 Å². The van der Waals surface area contributed by atoms with Crippen LogP contribution in [-0.4, -0.2) is 32.6 Å². The molecule has 2 unspecified atom stereocenters. The zero-order chi connectivity index (χ0) is 16.0. The second-order valence-electron chi connectivity index (χ2n) is 7.28. The first-order chi connectivity index (χ1) is 11.2. The van der Waals surface area contributed by atoms with E-state index in [0.717, 1.165) is 24.1 Å². The zero-order valence-electron chi connectivity index (χ0n) is 14.3. The number of allylic oxidation sites excluding steroid dienone is 1. The normalized spacial score (nSPS) is 23.3. The third-order valence-electron chi connectivity index (χ3n) is 5.54. The van der Waals surface area contributed by atoms with Crippen LogP contribution in [0.1, 0.15) is 24.8 Å². The smallest absolute Gasteiger partial charge is 0.126 e. The Morgan fingerprint density at radius 1 is 1.09 bits per heavy atom. The van der Waals surface area contributed by atoms with Crippen molar-refractivity contribution >= 4 is 16.3 Å². The number of nitrogens with zero attached hydrogens (tertiary/aromatic N) is 1. The van der Waals surface area contributed by atoms with Gasteiger partial charge in [0.15, 0.2) is 0 Å². The van der Waals surface area contributed by atoms with Crippen molar-refractivity contribution in [1.82, 2.24) is 4.90 Å². The molecule has 2 aromatic rings. The van der Waals surface area contributed by atoms with Crippen LogP contribution >= 0.6 is 0 Å². The molecule has 2 atom stereocenters. The van der Waals surface area contributed by atoms with Gasteiger partial charge in [-0.2, -0.15) is 0 Å². The first kappa shape index (κ1) is 14.8. The molecule has 0 spiro atoms. The summed E-state index contributed by atoms with van der Waals surface area (Å²) in [6.07, 6.45) is 4.13. The SMILES string of the molecule is COc1cccc2cc(C3=C(CN(C)C)C4CCC3C4)ccc12. The van der Waals surface area contributed by atoms with Crippen molar-refractivity contribution < 1.29 is 4.74 Å². The van der Waals surface area contributed by atoms with Crippen molar-refractivity contribution in [3.05, 3.63) is 47.5 Å². The molecular weight excluding hydrogens is 282 g/mol. The van der Waals surface area contributed by atoms with Crippen LogP contribution in [0, 0.1) is 11.8 Å². The Kier molecular flexibility index (Phi) is 3.65. The van der Waals surface area contributed by atoms with Crippen molar-refractivity contribution in [3.8, 4) is 5.75 Å². The molecule has 23 heavy (non-hydrogen) atoms. The number of hydrogen-bond donors (Lipinski definition) is 0. The summed E-state index contributed by atoms with van der Waals surface area (Å²) >= 11 is 0. The molecule has 0 saturated heterocycles. The van der Waals surface area contributed by atoms with E-state index in [9.17, 15) is 0 Å². The summed E-state index contributed by atoms with van der Waals surface area (Å²) in [5.41, 5.74) is 4.75. The standard InChI is InChI=1S/C21H25NO/c1-22(2)13-19-15-7-8-16(12-15)21(19)17-9-10-18-14(11-17)5-4-6-20(18)23-3/h4-6,9-11,15-16H,7-8,12-13H2,1-3H3. The molecule has 1 saturated carbocycles. The monoisotopic (exact) mass is 307 g/mol. The van der Waals surface area contributed by atoms with E-state index in [0.29, 0.717) is 0 Å². The van der Waals surface area contributed by atoms with Gasteiger partial charge in [0, 0.05) is 11.9 Å². The largest absolute Gasteiger partial charge is 0.496 e. The Labute approximate surface area is 138 Å². The van der Waals surface area contributed by atoms with E-state index >= 15 is 0 Å². The maximum Gasteiger partial charge on any atom is 0.126 e. The van der Waals surface area contributed by atoms with Gasteiger partial charge in [-0.05, 0) is 79.4 Å². The van der Waals surface area contributed by atoms with E-state index in [1.807, 2.05) is 6.07 Å². The van der Waals surface area contributed by atoms with E-state index in [1.54, 1.807) is 18.3 Å². The second-order valence-corrected chi connectivity index (χ2v) is 7.28. The molecule has 2 heteroatoms. The predicted octanol–water partition coefficient (Wildman–Crippen LogP) is 4.59. The fraction of sp³-hybridized carbons (Fsp3) is 0.429. The van der Waals surface area contributed by atoms with Crippen molar-refractivity contribution in [1.29, 1.82) is 0 Å². The molecule has 2 aliphatic rings. The van der Waals surface area contributed by atoms with Gasteiger partial charge in [0.25, 0.3) is 0 Å². The van der Waals surface area contributed by atoms with E-state index in [-0.39, 0.29) is 0 Å². The Hall–Kier alpha value is -1.80. The number of fused-ring (bicyclic) bond motifs is 3. The van der Waals surface area contributed by atoms with Crippen molar-refractivity contribution in [3.63, 3.8) is 0 Å². The minimum atomic E-state index is 0.776. The Bertz CT molecular complexity index is 775. The topological polar surface area (TPSA) is 12.5 Å². The van der Waals surface area contributed by atoms with Gasteiger partial charge < -0.3 is 9.64 Å². The molecule has 2 bridgehead atoms. The Morgan fingerprint density at radius 2 is 1.91 bits per heavy atom. The van der Waals surface area contributed by atoms with Crippen LogP contribution in [-0.2, 0) is 0 Å². The Morgan fingerprint density at radius 3 is 2.70 bits per heavy atom. The maximum absolute atomic E-state index is 5.50. The summed E-state index contributed by atoms with van der Waals surface area (Å²) in [6.45, 7) is 1.10. The lowest BCUT2D eigenvalue weighted by Crippen LogP contribution is -2.19. The fourth-order valence-corrected chi connectivity index (χ4v) is 4.62. The molecule has 0 heterocycles. The number of hydrogen-bond acceptors (Lipinski definition) is 2. The zero-order valence-corrected chi connectivity index (χ0v) is 14.3. The van der Waals surface area contributed by atoms with Crippen LogP contribution in [0.5, 0.6) is 5.75 Å². The van der Waals surface area contributed by atoms with Crippen molar-refractivity contribution in [2.45, 2.75) is 19.3 Å². The van der Waals surface area contributed by atoms with E-state index < -0.39 is 0 Å². The van der Waals surface area contributed by atoms with Gasteiger partial charge in [0.1, 0.15) is 5.75 Å². The van der Waals surface area contributed by atoms with Gasteiger partial charge >= 0.3 is 0 Å². The third kappa shape index (κ3) is 2.46. The van der Waals surface area contributed by atoms with E-state index in [2.05, 4.69) is 49.3 Å². The van der Waals surface area contributed by atoms with Gasteiger partial charge in [-0.3, -0.25) is 0 Å². The van der Waals surface area contributed by atoms with Gasteiger partial charge in [0.2, 0.25) is 0 Å². The molecule has 2 nitrogen and oxygen atoms in total. The lowest BCUT2D eigenvalue weighted by atomic mass is 9.86. The van der Waals surface area contributed by atoms with Crippen LogP contribution in [0.15, 0.2) is 42.0 Å². The average molecular weight is 307 g/mol. The first-order valence-electron chi connectivity index (χ1n) is 8.62. The number of benzene rings is 2. The molecule has 120 valence electrons. The highest BCUT2D eigenvalue weighted by molar-refractivity contribution is 5.91. The van der Waals surface area contributed by atoms with Crippen LogP contribution in [0.2, 0.25) is 0 Å². The molecular formula is C21H25NO. The highest BCUT2D eigenvalue weighted by atomic mass is 16.5. The van der Waals surface area contributed by atoms with Gasteiger partial charge in [0.05, 0.1) is 7.11 Å². The summed E-state index contributed by atoms with van der Waals surface area (Å²) < 4.78 is 5.50.